The average molecular weight is 359 g/mol. The van der Waals surface area contributed by atoms with Crippen molar-refractivity contribution < 1.29 is 4.39 Å². The zero-order chi connectivity index (χ0) is 12.3. The normalized spacial score (nSPS) is 10.3. The molecule has 17 heavy (non-hydrogen) atoms. The van der Waals surface area contributed by atoms with Crippen molar-refractivity contribution in [1.29, 1.82) is 0 Å². The van der Waals surface area contributed by atoms with E-state index < -0.39 is 0 Å². The molecule has 0 atom stereocenters. The van der Waals surface area contributed by atoms with Gasteiger partial charge in [-0.25, -0.2) is 4.39 Å². The average Bonchev–Trinajstić information content (AvgIpc) is 2.33. The van der Waals surface area contributed by atoms with Crippen LogP contribution in [0.1, 0.15) is 5.56 Å². The molecule has 0 aliphatic carbocycles. The number of nitrogens with one attached hydrogen (secondary N) is 1. The van der Waals surface area contributed by atoms with Crippen LogP contribution in [0.3, 0.4) is 0 Å². The summed E-state index contributed by atoms with van der Waals surface area (Å²) in [6.07, 6.45) is 0. The highest BCUT2D eigenvalue weighted by Crippen LogP contribution is 2.22. The first-order valence-electron chi connectivity index (χ1n) is 5.09. The summed E-state index contributed by atoms with van der Waals surface area (Å²) in [5.74, 6) is -0.236. The van der Waals surface area contributed by atoms with Crippen molar-refractivity contribution in [2.75, 3.05) is 5.32 Å². The topological polar surface area (TPSA) is 12.0 Å². The van der Waals surface area contributed by atoms with E-state index in [1.807, 2.05) is 30.3 Å². The van der Waals surface area contributed by atoms with E-state index in [1.165, 1.54) is 6.07 Å². The molecule has 1 nitrogen and oxygen atoms in total. The number of halogens is 3. The summed E-state index contributed by atoms with van der Waals surface area (Å²) in [5, 5.41) is 3.24. The van der Waals surface area contributed by atoms with Crippen molar-refractivity contribution in [2.45, 2.75) is 6.54 Å². The largest absolute Gasteiger partial charge is 0.381 e. The van der Waals surface area contributed by atoms with Crippen LogP contribution in [-0.2, 0) is 6.54 Å². The molecule has 2 rings (SSSR count). The van der Waals surface area contributed by atoms with Crippen molar-refractivity contribution in [3.63, 3.8) is 0 Å². The highest BCUT2D eigenvalue weighted by Gasteiger charge is 2.04. The van der Waals surface area contributed by atoms with Gasteiger partial charge in [0.05, 0.1) is 4.47 Å². The van der Waals surface area contributed by atoms with Crippen molar-refractivity contribution >= 4 is 37.5 Å². The maximum absolute atomic E-state index is 13.3. The smallest absolute Gasteiger partial charge is 0.137 e. The van der Waals surface area contributed by atoms with Crippen LogP contribution in [0.4, 0.5) is 10.1 Å². The molecule has 4 heteroatoms. The van der Waals surface area contributed by atoms with Gasteiger partial charge in [0.2, 0.25) is 0 Å². The Morgan fingerprint density at radius 2 is 1.71 bits per heavy atom. The summed E-state index contributed by atoms with van der Waals surface area (Å²) in [6, 6.07) is 12.9. The minimum Gasteiger partial charge on any atom is -0.381 e. The van der Waals surface area contributed by atoms with E-state index in [1.54, 1.807) is 6.07 Å². The quantitative estimate of drug-likeness (QED) is 0.817. The Bertz CT molecular complexity index is 511. The highest BCUT2D eigenvalue weighted by atomic mass is 79.9. The monoisotopic (exact) mass is 357 g/mol. The van der Waals surface area contributed by atoms with Crippen LogP contribution in [0.5, 0.6) is 0 Å². The molecule has 0 aliphatic rings. The van der Waals surface area contributed by atoms with Gasteiger partial charge in [0, 0.05) is 16.7 Å². The lowest BCUT2D eigenvalue weighted by Gasteiger charge is -2.08. The van der Waals surface area contributed by atoms with E-state index in [0.717, 1.165) is 15.7 Å². The van der Waals surface area contributed by atoms with Crippen molar-refractivity contribution in [3.8, 4) is 0 Å². The molecule has 0 saturated heterocycles. The lowest BCUT2D eigenvalue weighted by Crippen LogP contribution is -2.00. The van der Waals surface area contributed by atoms with Crippen LogP contribution >= 0.6 is 31.9 Å². The van der Waals surface area contributed by atoms with Crippen LogP contribution in [-0.4, -0.2) is 0 Å². The second-order valence-corrected chi connectivity index (χ2v) is 5.28. The second-order valence-electron chi connectivity index (χ2n) is 3.57. The zero-order valence-corrected chi connectivity index (χ0v) is 12.1. The lowest BCUT2D eigenvalue weighted by atomic mass is 10.2. The van der Waals surface area contributed by atoms with Gasteiger partial charge in [-0.15, -0.1) is 0 Å². The predicted octanol–water partition coefficient (Wildman–Crippen LogP) is 4.96. The summed E-state index contributed by atoms with van der Waals surface area (Å²) in [5.41, 5.74) is 1.90. The van der Waals surface area contributed by atoms with Gasteiger partial charge >= 0.3 is 0 Å². The van der Waals surface area contributed by atoms with Crippen LogP contribution in [0.2, 0.25) is 0 Å². The first-order chi connectivity index (χ1) is 8.16. The Kier molecular flexibility index (Phi) is 4.18. The number of hydrogen-bond acceptors (Lipinski definition) is 1. The molecule has 0 bridgehead atoms. The third kappa shape index (κ3) is 3.30. The van der Waals surface area contributed by atoms with Gasteiger partial charge in [-0.2, -0.15) is 0 Å². The molecule has 0 saturated carbocycles. The van der Waals surface area contributed by atoms with Gasteiger partial charge in [0.15, 0.2) is 0 Å². The molecule has 2 aromatic carbocycles. The van der Waals surface area contributed by atoms with Crippen molar-refractivity contribution in [1.82, 2.24) is 0 Å². The van der Waals surface area contributed by atoms with Gasteiger partial charge in [0.1, 0.15) is 5.82 Å². The molecule has 0 amide bonds. The third-order valence-electron chi connectivity index (χ3n) is 2.36. The molecule has 0 heterocycles. The Morgan fingerprint density at radius 3 is 2.41 bits per heavy atom. The molecular formula is C13H10Br2FN. The number of rotatable bonds is 3. The van der Waals surface area contributed by atoms with Gasteiger partial charge < -0.3 is 5.32 Å². The first kappa shape index (κ1) is 12.6. The molecule has 0 aliphatic heterocycles. The van der Waals surface area contributed by atoms with Gasteiger partial charge in [-0.3, -0.25) is 0 Å². The molecule has 2 aromatic rings. The van der Waals surface area contributed by atoms with Crippen LogP contribution in [0.25, 0.3) is 0 Å². The molecule has 0 spiro atoms. The van der Waals surface area contributed by atoms with E-state index >= 15 is 0 Å². The fourth-order valence-electron chi connectivity index (χ4n) is 1.45. The number of anilines is 1. The predicted molar refractivity (Wildman–Crippen MR) is 75.6 cm³/mol. The Morgan fingerprint density at radius 1 is 1.00 bits per heavy atom. The fourth-order valence-corrected chi connectivity index (χ4v) is 2.12. The minimum absolute atomic E-state index is 0.236. The number of hydrogen-bond donors (Lipinski definition) is 1. The summed E-state index contributed by atoms with van der Waals surface area (Å²) in [7, 11) is 0. The zero-order valence-electron chi connectivity index (χ0n) is 8.88. The van der Waals surface area contributed by atoms with E-state index in [-0.39, 0.29) is 5.82 Å². The van der Waals surface area contributed by atoms with E-state index in [2.05, 4.69) is 37.2 Å². The molecule has 0 aromatic heterocycles. The summed E-state index contributed by atoms with van der Waals surface area (Å²) < 4.78 is 14.8. The van der Waals surface area contributed by atoms with Gasteiger partial charge in [-0.1, -0.05) is 28.1 Å². The second kappa shape index (κ2) is 5.65. The van der Waals surface area contributed by atoms with Crippen LogP contribution in [0.15, 0.2) is 51.4 Å². The van der Waals surface area contributed by atoms with Crippen LogP contribution in [0, 0.1) is 5.82 Å². The maximum Gasteiger partial charge on any atom is 0.137 e. The fraction of sp³-hybridized carbons (Fsp3) is 0.0769. The molecule has 0 fully saturated rings. The van der Waals surface area contributed by atoms with E-state index in [4.69, 9.17) is 0 Å². The Labute approximate surface area is 116 Å². The van der Waals surface area contributed by atoms with E-state index in [0.29, 0.717) is 11.0 Å². The summed E-state index contributed by atoms with van der Waals surface area (Å²) >= 11 is 6.62. The molecular weight excluding hydrogens is 349 g/mol. The Hall–Kier alpha value is -0.870. The Balaban J connectivity index is 2.07. The maximum atomic E-state index is 13.3. The molecule has 0 radical (unpaired) electrons. The van der Waals surface area contributed by atoms with Gasteiger partial charge in [0.25, 0.3) is 0 Å². The lowest BCUT2D eigenvalue weighted by molar-refractivity contribution is 0.618. The summed E-state index contributed by atoms with van der Waals surface area (Å²) in [6.45, 7) is 0.583. The van der Waals surface area contributed by atoms with E-state index in [9.17, 15) is 4.39 Å². The standard InChI is InChI=1S/C13H10Br2FN/c14-10-4-6-11(7-5-10)17-8-9-2-1-3-12(16)13(9)15/h1-7,17H,8H2. The molecule has 1 N–H and O–H groups in total. The third-order valence-corrected chi connectivity index (χ3v) is 3.78. The minimum atomic E-state index is -0.236. The molecule has 88 valence electrons. The van der Waals surface area contributed by atoms with Crippen molar-refractivity contribution in [2.24, 2.45) is 0 Å². The molecule has 0 unspecified atom stereocenters. The number of benzene rings is 2. The van der Waals surface area contributed by atoms with Gasteiger partial charge in [-0.05, 0) is 51.8 Å². The summed E-state index contributed by atoms with van der Waals surface area (Å²) in [4.78, 5) is 0. The highest BCUT2D eigenvalue weighted by molar-refractivity contribution is 9.10. The van der Waals surface area contributed by atoms with Crippen molar-refractivity contribution in [3.05, 3.63) is 62.8 Å². The first-order valence-corrected chi connectivity index (χ1v) is 6.68. The van der Waals surface area contributed by atoms with Crippen LogP contribution < -0.4 is 5.32 Å². The SMILES string of the molecule is Fc1cccc(CNc2ccc(Br)cc2)c1Br.